The fourth-order valence-electron chi connectivity index (χ4n) is 6.89. The zero-order valence-electron chi connectivity index (χ0n) is 45.1. The van der Waals surface area contributed by atoms with Gasteiger partial charge in [-0.25, -0.2) is 66.4 Å². The van der Waals surface area contributed by atoms with Gasteiger partial charge in [0.2, 0.25) is 5.91 Å². The molecule has 0 spiro atoms. The van der Waals surface area contributed by atoms with Crippen molar-refractivity contribution in [2.75, 3.05) is 72.5 Å². The maximum atomic E-state index is 13.7. The minimum atomic E-state index is -1.52. The van der Waals surface area contributed by atoms with E-state index < -0.39 is 129 Å². The second kappa shape index (κ2) is 39.1. The number of aromatic nitrogens is 3. The topological polar surface area (TPSA) is 330 Å². The van der Waals surface area contributed by atoms with Crippen molar-refractivity contribution in [3.8, 4) is 0 Å². The summed E-state index contributed by atoms with van der Waals surface area (Å²) >= 11 is 0. The van der Waals surface area contributed by atoms with E-state index in [-0.39, 0.29) is 38.6 Å². The normalized spacial score (nSPS) is 10.8. The second-order valence-electron chi connectivity index (χ2n) is 17.9. The van der Waals surface area contributed by atoms with Gasteiger partial charge in [-0.05, 0) is 38.5 Å². The number of unbranched alkanes of at least 4 members (excludes halogenated alkanes) is 9. The average Bonchev–Trinajstić information content (AvgIpc) is 3.46. The Kier molecular flexibility index (Phi) is 34.0. The first kappa shape index (κ1) is 68.7. The molecule has 0 bridgehead atoms. The summed E-state index contributed by atoms with van der Waals surface area (Å²) in [6.45, 7) is 18.1. The maximum Gasteiger partial charge on any atom is 0.407 e. The van der Waals surface area contributed by atoms with Crippen LogP contribution in [0.1, 0.15) is 84.0 Å². The van der Waals surface area contributed by atoms with Crippen LogP contribution in [-0.4, -0.2) is 140 Å². The largest absolute Gasteiger partial charge is 0.462 e. The van der Waals surface area contributed by atoms with Crippen molar-refractivity contribution in [3.05, 3.63) is 107 Å². The average molecular weight is 1120 g/mol. The number of nitrogens with zero attached hydrogens (tertiary/aromatic N) is 3. The lowest BCUT2D eigenvalue weighted by Gasteiger charge is -2.31. The first-order chi connectivity index (χ1) is 37.7. The number of amides is 3. The number of esters is 6. The van der Waals surface area contributed by atoms with Gasteiger partial charge < -0.3 is 53.8 Å². The van der Waals surface area contributed by atoms with Crippen LogP contribution in [0.2, 0.25) is 0 Å². The third-order valence-electron chi connectivity index (χ3n) is 11.4. The van der Waals surface area contributed by atoms with Crippen molar-refractivity contribution in [1.29, 1.82) is 0 Å². The molecule has 0 fully saturated rings. The quantitative estimate of drug-likeness (QED) is 0.0366. The second-order valence-corrected chi connectivity index (χ2v) is 17.9. The van der Waals surface area contributed by atoms with E-state index in [2.05, 4.69) is 55.4 Å². The highest BCUT2D eigenvalue weighted by Gasteiger charge is 2.39. The fourth-order valence-corrected chi connectivity index (χ4v) is 6.89. The molecule has 1 aromatic rings. The van der Waals surface area contributed by atoms with Gasteiger partial charge in [-0.2, -0.15) is 0 Å². The van der Waals surface area contributed by atoms with Crippen LogP contribution in [0, 0.1) is 10.8 Å². The first-order valence-electron chi connectivity index (χ1n) is 25.5. The summed E-state index contributed by atoms with van der Waals surface area (Å²) in [5, 5.41) is 7.88. The summed E-state index contributed by atoms with van der Waals surface area (Å²) in [5.74, 6) is -5.19. The molecule has 0 saturated carbocycles. The maximum absolute atomic E-state index is 13.7. The molecular formula is C53H76N6O20. The lowest BCUT2D eigenvalue weighted by molar-refractivity contribution is -0.161. The molecule has 0 aliphatic rings. The molecule has 3 amide bonds. The molecule has 0 aliphatic heterocycles. The van der Waals surface area contributed by atoms with E-state index in [9.17, 15) is 57.5 Å². The van der Waals surface area contributed by atoms with Crippen LogP contribution in [0.3, 0.4) is 0 Å². The van der Waals surface area contributed by atoms with E-state index in [0.29, 0.717) is 77.2 Å². The molecule has 0 atom stereocenters. The molecule has 0 radical (unpaired) electrons. The zero-order valence-corrected chi connectivity index (χ0v) is 45.1. The van der Waals surface area contributed by atoms with E-state index in [1.807, 2.05) is 0 Å². The number of rotatable bonds is 43. The predicted octanol–water partition coefficient (Wildman–Crippen LogP) is 2.79. The number of nitrogens with one attached hydrogen (secondary N) is 3. The molecule has 438 valence electrons. The van der Waals surface area contributed by atoms with Gasteiger partial charge in [-0.3, -0.25) is 4.79 Å². The Morgan fingerprint density at radius 3 is 0.797 bits per heavy atom. The van der Waals surface area contributed by atoms with E-state index >= 15 is 0 Å². The minimum absolute atomic E-state index is 0.00168. The monoisotopic (exact) mass is 1120 g/mol. The molecule has 1 aromatic heterocycles. The van der Waals surface area contributed by atoms with Crippen molar-refractivity contribution in [3.63, 3.8) is 0 Å². The summed E-state index contributed by atoms with van der Waals surface area (Å²) in [7, 11) is 0. The van der Waals surface area contributed by atoms with Crippen molar-refractivity contribution < 1.29 is 81.0 Å². The lowest BCUT2D eigenvalue weighted by atomic mass is 9.92. The number of carbonyl (C=O) groups is 9. The molecule has 0 aliphatic carbocycles. The van der Waals surface area contributed by atoms with E-state index in [1.165, 1.54) is 6.92 Å². The minimum Gasteiger partial charge on any atom is -0.462 e. The summed E-state index contributed by atoms with van der Waals surface area (Å²) in [6, 6.07) is 0. The molecule has 0 unspecified atom stereocenters. The standard InChI is InChI=1S/C53H76N6O20/c1-8-41(61)72-32-52(33-73-42(62)9-2,34-74-43(63)10-3)38-78-47(67)55-27-21-15-18-24-30-58-49(69)57(29-23-17-14-20-26-54-40(7)60)50(70)59(51(58)71)31-25-19-16-22-28-56-48(68)79-39-53(35-75-44(64)11-4,36-76-45(65)12-5)37-77-46(66)13-6/h8-13H,1-6,14-39H2,7H3,(H,54,60)(H,55,67)(H,56,68). The molecule has 0 aromatic carbocycles. The molecule has 26 heteroatoms. The van der Waals surface area contributed by atoms with E-state index in [1.54, 1.807) is 0 Å². The smallest absolute Gasteiger partial charge is 0.407 e. The molecule has 3 N–H and O–H groups in total. The Morgan fingerprint density at radius 1 is 0.354 bits per heavy atom. The molecule has 0 saturated heterocycles. The highest BCUT2D eigenvalue weighted by Crippen LogP contribution is 2.23. The number of hydrogen-bond donors (Lipinski definition) is 3. The third-order valence-corrected chi connectivity index (χ3v) is 11.4. The Balaban J connectivity index is 2.98. The van der Waals surface area contributed by atoms with Crippen molar-refractivity contribution in [1.82, 2.24) is 29.7 Å². The van der Waals surface area contributed by atoms with Crippen molar-refractivity contribution in [2.24, 2.45) is 10.8 Å². The summed E-state index contributed by atoms with van der Waals surface area (Å²) in [5.41, 5.74) is -5.30. The Morgan fingerprint density at radius 2 is 0.570 bits per heavy atom. The van der Waals surface area contributed by atoms with Crippen LogP contribution in [0.15, 0.2) is 90.3 Å². The van der Waals surface area contributed by atoms with Crippen LogP contribution in [-0.2, 0) is 91.1 Å². The fraction of sp³-hybridized carbons (Fsp3) is 0.547. The van der Waals surface area contributed by atoms with Gasteiger partial charge in [0.25, 0.3) is 0 Å². The van der Waals surface area contributed by atoms with Crippen LogP contribution < -0.4 is 33.0 Å². The Hall–Kier alpha value is -8.32. The SMILES string of the molecule is C=CC(=O)OCC(COC(=O)C=C)(COC(=O)C=C)COC(=O)NCCCCCCn1c(=O)n(CCCCCCNC(C)=O)c(=O)n(CCCCCCNC(=O)OCC(COC(=O)C=C)(COC(=O)C=C)COC(=O)C=C)c1=O. The van der Waals surface area contributed by atoms with E-state index in [0.717, 1.165) is 56.6 Å². The van der Waals surface area contributed by atoms with Gasteiger partial charge in [0.05, 0.1) is 0 Å². The molecule has 1 rings (SSSR count). The van der Waals surface area contributed by atoms with Crippen LogP contribution in [0.25, 0.3) is 0 Å². The highest BCUT2D eigenvalue weighted by atomic mass is 16.6. The number of hydrogen-bond acceptors (Lipinski definition) is 20. The van der Waals surface area contributed by atoms with Gasteiger partial charge >= 0.3 is 65.1 Å². The van der Waals surface area contributed by atoms with Gasteiger partial charge in [-0.15, -0.1) is 0 Å². The number of alkyl carbamates (subject to hydrolysis) is 2. The van der Waals surface area contributed by atoms with E-state index in [4.69, 9.17) is 37.9 Å². The summed E-state index contributed by atoms with van der Waals surface area (Å²) < 4.78 is 44.6. The molecule has 1 heterocycles. The van der Waals surface area contributed by atoms with Crippen molar-refractivity contribution in [2.45, 2.75) is 104 Å². The zero-order chi connectivity index (χ0) is 59.1. The predicted molar refractivity (Wildman–Crippen MR) is 284 cm³/mol. The van der Waals surface area contributed by atoms with Crippen LogP contribution >= 0.6 is 0 Å². The third kappa shape index (κ3) is 28.6. The van der Waals surface area contributed by atoms with Gasteiger partial charge in [0, 0.05) is 82.6 Å². The summed E-state index contributed by atoms with van der Waals surface area (Å²) in [4.78, 5) is 149. The highest BCUT2D eigenvalue weighted by molar-refractivity contribution is 5.83. The Bertz CT molecular complexity index is 2190. The first-order valence-corrected chi connectivity index (χ1v) is 25.5. The van der Waals surface area contributed by atoms with Crippen LogP contribution in [0.5, 0.6) is 0 Å². The van der Waals surface area contributed by atoms with Crippen LogP contribution in [0.4, 0.5) is 9.59 Å². The van der Waals surface area contributed by atoms with Gasteiger partial charge in [0.1, 0.15) is 63.7 Å². The summed E-state index contributed by atoms with van der Waals surface area (Å²) in [6.07, 6.45) is 9.82. The van der Waals surface area contributed by atoms with Gasteiger partial charge in [-0.1, -0.05) is 78.0 Å². The number of ether oxygens (including phenoxy) is 8. The molecule has 26 nitrogen and oxygen atoms in total. The van der Waals surface area contributed by atoms with Crippen molar-refractivity contribution >= 4 is 53.9 Å². The number of carbonyl (C=O) groups excluding carboxylic acids is 9. The Labute approximate surface area is 457 Å². The van der Waals surface area contributed by atoms with Gasteiger partial charge in [0.15, 0.2) is 0 Å². The molecule has 79 heavy (non-hydrogen) atoms. The molecular weight excluding hydrogens is 1040 g/mol. The lowest BCUT2D eigenvalue weighted by Crippen LogP contribution is -2.54.